The number of thioether (sulfide) groups is 1. The van der Waals surface area contributed by atoms with Gasteiger partial charge in [0.1, 0.15) is 11.6 Å². The van der Waals surface area contributed by atoms with Crippen molar-refractivity contribution in [2.24, 2.45) is 10.4 Å². The van der Waals surface area contributed by atoms with Crippen LogP contribution in [0.15, 0.2) is 23.2 Å². The van der Waals surface area contributed by atoms with Gasteiger partial charge in [-0.15, -0.1) is 0 Å². The van der Waals surface area contributed by atoms with Crippen LogP contribution in [0.5, 0.6) is 0 Å². The first kappa shape index (κ1) is 15.3. The maximum absolute atomic E-state index is 13.5. The van der Waals surface area contributed by atoms with Crippen LogP contribution in [0.1, 0.15) is 32.8 Å². The predicted molar refractivity (Wildman–Crippen MR) is 81.0 cm³/mol. The van der Waals surface area contributed by atoms with E-state index in [1.165, 1.54) is 6.07 Å². The average Bonchev–Trinajstić information content (AvgIpc) is 2.39. The molecule has 1 aliphatic rings. The van der Waals surface area contributed by atoms with E-state index < -0.39 is 11.6 Å². The van der Waals surface area contributed by atoms with Crippen molar-refractivity contribution in [1.29, 1.82) is 0 Å². The van der Waals surface area contributed by atoms with Crippen LogP contribution < -0.4 is 5.32 Å². The number of amidine groups is 1. The fourth-order valence-corrected chi connectivity index (χ4v) is 3.03. The molecule has 0 aromatic heterocycles. The summed E-state index contributed by atoms with van der Waals surface area (Å²) in [7, 11) is 0. The first-order chi connectivity index (χ1) is 9.36. The van der Waals surface area contributed by atoms with Gasteiger partial charge in [-0.05, 0) is 30.0 Å². The summed E-state index contributed by atoms with van der Waals surface area (Å²) in [5.41, 5.74) is 0.448. The monoisotopic (exact) mass is 298 g/mol. The molecule has 1 atom stereocenters. The van der Waals surface area contributed by atoms with Crippen LogP contribution in [0.2, 0.25) is 0 Å². The number of halogens is 2. The number of hydrogen-bond acceptors (Lipinski definition) is 2. The van der Waals surface area contributed by atoms with E-state index in [0.717, 1.165) is 29.5 Å². The topological polar surface area (TPSA) is 24.4 Å². The van der Waals surface area contributed by atoms with E-state index >= 15 is 0 Å². The zero-order valence-corrected chi connectivity index (χ0v) is 12.9. The molecule has 1 fully saturated rings. The fraction of sp³-hybridized carbons (Fsp3) is 0.533. The smallest absolute Gasteiger partial charge is 0.157 e. The Hall–Kier alpha value is -1.10. The second kappa shape index (κ2) is 6.12. The van der Waals surface area contributed by atoms with Crippen LogP contribution >= 0.6 is 11.8 Å². The summed E-state index contributed by atoms with van der Waals surface area (Å²) in [4.78, 5) is 4.38. The Kier molecular flexibility index (Phi) is 4.68. The lowest BCUT2D eigenvalue weighted by Gasteiger charge is -2.35. The number of nitrogens with one attached hydrogen (secondary N) is 1. The summed E-state index contributed by atoms with van der Waals surface area (Å²) in [6, 6.07) is 3.83. The number of rotatable bonds is 2. The zero-order chi connectivity index (χ0) is 14.8. The van der Waals surface area contributed by atoms with Crippen molar-refractivity contribution in [1.82, 2.24) is 5.32 Å². The van der Waals surface area contributed by atoms with Gasteiger partial charge in [0.15, 0.2) is 5.17 Å². The van der Waals surface area contributed by atoms with Gasteiger partial charge in [0.05, 0.1) is 6.54 Å². The maximum Gasteiger partial charge on any atom is 0.157 e. The highest BCUT2D eigenvalue weighted by atomic mass is 32.2. The Morgan fingerprint density at radius 2 is 2.10 bits per heavy atom. The molecule has 1 N–H and O–H groups in total. The van der Waals surface area contributed by atoms with E-state index in [1.807, 2.05) is 0 Å². The molecule has 110 valence electrons. The summed E-state index contributed by atoms with van der Waals surface area (Å²) in [5.74, 6) is 0.154. The van der Waals surface area contributed by atoms with Gasteiger partial charge in [-0.3, -0.25) is 4.99 Å². The van der Waals surface area contributed by atoms with E-state index in [1.54, 1.807) is 11.8 Å². The first-order valence-corrected chi connectivity index (χ1v) is 7.72. The molecule has 5 heteroatoms. The molecular weight excluding hydrogens is 278 g/mol. The molecule has 2 nitrogen and oxygen atoms in total. The molecule has 1 aromatic carbocycles. The minimum absolute atomic E-state index is 0.159. The second-order valence-electron chi connectivity index (χ2n) is 6.06. The maximum atomic E-state index is 13.5. The zero-order valence-electron chi connectivity index (χ0n) is 12.0. The molecule has 0 saturated carbocycles. The molecule has 1 heterocycles. The van der Waals surface area contributed by atoms with Crippen molar-refractivity contribution < 1.29 is 8.78 Å². The van der Waals surface area contributed by atoms with Crippen molar-refractivity contribution in [3.63, 3.8) is 0 Å². The minimum Gasteiger partial charge on any atom is -0.362 e. The molecule has 20 heavy (non-hydrogen) atoms. The van der Waals surface area contributed by atoms with E-state index in [9.17, 15) is 8.78 Å². The van der Waals surface area contributed by atoms with Gasteiger partial charge in [0.2, 0.25) is 0 Å². The summed E-state index contributed by atoms with van der Waals surface area (Å²) >= 11 is 1.64. The lowest BCUT2D eigenvalue weighted by Crippen LogP contribution is -2.46. The molecule has 2 rings (SSSR count). The van der Waals surface area contributed by atoms with E-state index in [0.29, 0.717) is 6.04 Å². The molecule has 1 aliphatic heterocycles. The van der Waals surface area contributed by atoms with Crippen molar-refractivity contribution >= 4 is 16.9 Å². The fourth-order valence-electron chi connectivity index (χ4n) is 2.10. The predicted octanol–water partition coefficient (Wildman–Crippen LogP) is 3.96. The molecule has 0 spiro atoms. The summed E-state index contributed by atoms with van der Waals surface area (Å²) in [5, 5.41) is 4.21. The van der Waals surface area contributed by atoms with Crippen LogP contribution in [0.3, 0.4) is 0 Å². The van der Waals surface area contributed by atoms with Gasteiger partial charge >= 0.3 is 0 Å². The second-order valence-corrected chi connectivity index (χ2v) is 7.14. The van der Waals surface area contributed by atoms with Gasteiger partial charge < -0.3 is 5.32 Å². The van der Waals surface area contributed by atoms with Gasteiger partial charge in [-0.1, -0.05) is 32.5 Å². The Balaban J connectivity index is 2.06. The summed E-state index contributed by atoms with van der Waals surface area (Å²) in [6.45, 7) is 6.72. The van der Waals surface area contributed by atoms with Crippen LogP contribution in [-0.4, -0.2) is 17.0 Å². The molecule has 0 aliphatic carbocycles. The summed E-state index contributed by atoms with van der Waals surface area (Å²) < 4.78 is 26.6. The number of hydrogen-bond donors (Lipinski definition) is 1. The average molecular weight is 298 g/mol. The molecule has 0 bridgehead atoms. The van der Waals surface area contributed by atoms with Crippen molar-refractivity contribution in [3.05, 3.63) is 35.4 Å². The lowest BCUT2D eigenvalue weighted by atomic mass is 9.85. The third kappa shape index (κ3) is 3.95. The number of nitrogens with zero attached hydrogens (tertiary/aromatic N) is 1. The highest BCUT2D eigenvalue weighted by Gasteiger charge is 2.28. The van der Waals surface area contributed by atoms with Gasteiger partial charge in [-0.25, -0.2) is 8.78 Å². The third-order valence-electron chi connectivity index (χ3n) is 3.39. The number of benzene rings is 1. The Labute approximate surface area is 123 Å². The molecular formula is C15H20F2N2S. The van der Waals surface area contributed by atoms with Crippen molar-refractivity contribution in [2.75, 3.05) is 5.75 Å². The van der Waals surface area contributed by atoms with Gasteiger partial charge in [0, 0.05) is 17.4 Å². The van der Waals surface area contributed by atoms with Crippen LogP contribution in [0, 0.1) is 17.0 Å². The first-order valence-electron chi connectivity index (χ1n) is 6.74. The van der Waals surface area contributed by atoms with Crippen molar-refractivity contribution in [3.8, 4) is 0 Å². The van der Waals surface area contributed by atoms with Crippen LogP contribution in [0.25, 0.3) is 0 Å². The molecule has 1 saturated heterocycles. The molecule has 0 radical (unpaired) electrons. The Bertz CT molecular complexity index is 509. The lowest BCUT2D eigenvalue weighted by molar-refractivity contribution is 0.290. The van der Waals surface area contributed by atoms with Crippen LogP contribution in [0.4, 0.5) is 8.78 Å². The van der Waals surface area contributed by atoms with Crippen molar-refractivity contribution in [2.45, 2.75) is 39.8 Å². The van der Waals surface area contributed by atoms with E-state index in [2.05, 4.69) is 31.1 Å². The molecule has 1 unspecified atom stereocenters. The van der Waals surface area contributed by atoms with Crippen LogP contribution in [-0.2, 0) is 6.54 Å². The quantitative estimate of drug-likeness (QED) is 0.893. The highest BCUT2D eigenvalue weighted by Crippen LogP contribution is 2.27. The Morgan fingerprint density at radius 3 is 2.80 bits per heavy atom. The standard InChI is InChI=1S/C15H20F2N2S/c1-15(2,3)13-6-7-20-14(19-13)18-9-10-8-11(16)4-5-12(10)17/h4-5,8,13H,6-7,9H2,1-3H3,(H,18,19). The SMILES string of the molecule is CC(C)(C)C1CCSC(=NCc2cc(F)ccc2F)N1. The summed E-state index contributed by atoms with van der Waals surface area (Å²) in [6.07, 6.45) is 1.08. The Morgan fingerprint density at radius 1 is 1.35 bits per heavy atom. The van der Waals surface area contributed by atoms with E-state index in [4.69, 9.17) is 0 Å². The third-order valence-corrected chi connectivity index (χ3v) is 4.35. The van der Waals surface area contributed by atoms with E-state index in [-0.39, 0.29) is 17.5 Å². The normalized spacial score (nSPS) is 21.9. The number of aliphatic imine (C=N–C) groups is 1. The minimum atomic E-state index is -0.432. The molecule has 1 aromatic rings. The van der Waals surface area contributed by atoms with Gasteiger partial charge in [-0.2, -0.15) is 0 Å². The van der Waals surface area contributed by atoms with Gasteiger partial charge in [0.25, 0.3) is 0 Å². The molecule has 0 amide bonds. The highest BCUT2D eigenvalue weighted by molar-refractivity contribution is 8.13. The largest absolute Gasteiger partial charge is 0.362 e.